The summed E-state index contributed by atoms with van der Waals surface area (Å²) in [5, 5.41) is 0.611. The van der Waals surface area contributed by atoms with Crippen molar-refractivity contribution in [2.75, 3.05) is 14.2 Å². The van der Waals surface area contributed by atoms with Crippen molar-refractivity contribution in [3.05, 3.63) is 40.6 Å². The van der Waals surface area contributed by atoms with Gasteiger partial charge in [0.15, 0.2) is 5.43 Å². The average Bonchev–Trinajstić information content (AvgIpc) is 2.29. The van der Waals surface area contributed by atoms with Gasteiger partial charge in [0.25, 0.3) is 0 Å². The summed E-state index contributed by atoms with van der Waals surface area (Å²) in [6.45, 7) is 0. The largest absolute Gasteiger partial charge is 0.480 e. The van der Waals surface area contributed by atoms with E-state index in [1.807, 2.05) is 18.2 Å². The minimum absolute atomic E-state index is 0.0734. The van der Waals surface area contributed by atoms with Crippen LogP contribution in [0.2, 0.25) is 0 Å². The monoisotopic (exact) mass is 205 g/mol. The second kappa shape index (κ2) is 3.65. The molecule has 0 saturated heterocycles. The highest BCUT2D eigenvalue weighted by Crippen LogP contribution is 2.15. The molecule has 0 aliphatic heterocycles. The molecule has 2 rings (SSSR count). The van der Waals surface area contributed by atoms with Crippen LogP contribution in [-0.4, -0.2) is 19.0 Å². The van der Waals surface area contributed by atoms with Crippen molar-refractivity contribution < 1.29 is 9.57 Å². The first kappa shape index (κ1) is 9.58. The first-order chi connectivity index (χ1) is 7.27. The van der Waals surface area contributed by atoms with Crippen LogP contribution in [0.5, 0.6) is 5.88 Å². The van der Waals surface area contributed by atoms with Crippen molar-refractivity contribution in [3.8, 4) is 5.88 Å². The number of rotatable bonds is 2. The first-order valence-corrected chi connectivity index (χ1v) is 4.51. The van der Waals surface area contributed by atoms with Gasteiger partial charge in [-0.15, -0.1) is 4.73 Å². The molecule has 4 nitrogen and oxygen atoms in total. The Morgan fingerprint density at radius 3 is 2.60 bits per heavy atom. The van der Waals surface area contributed by atoms with Crippen molar-refractivity contribution in [3.63, 3.8) is 0 Å². The fourth-order valence-corrected chi connectivity index (χ4v) is 1.56. The van der Waals surface area contributed by atoms with Crippen LogP contribution in [0.25, 0.3) is 10.9 Å². The molecule has 0 aliphatic rings. The molecule has 0 N–H and O–H groups in total. The van der Waals surface area contributed by atoms with E-state index in [0.717, 1.165) is 0 Å². The fourth-order valence-electron chi connectivity index (χ4n) is 1.56. The summed E-state index contributed by atoms with van der Waals surface area (Å²) in [4.78, 5) is 16.8. The highest BCUT2D eigenvalue weighted by molar-refractivity contribution is 5.79. The smallest absolute Gasteiger partial charge is 0.231 e. The second-order valence-electron chi connectivity index (χ2n) is 3.05. The van der Waals surface area contributed by atoms with Crippen molar-refractivity contribution in [2.24, 2.45) is 0 Å². The summed E-state index contributed by atoms with van der Waals surface area (Å²) in [7, 11) is 3.03. The van der Waals surface area contributed by atoms with Gasteiger partial charge >= 0.3 is 0 Å². The third-order valence-electron chi connectivity index (χ3n) is 2.23. The van der Waals surface area contributed by atoms with E-state index in [1.54, 1.807) is 6.07 Å². The summed E-state index contributed by atoms with van der Waals surface area (Å²) >= 11 is 0. The minimum atomic E-state index is -0.0734. The maximum absolute atomic E-state index is 11.7. The lowest BCUT2D eigenvalue weighted by Gasteiger charge is -2.12. The predicted molar refractivity (Wildman–Crippen MR) is 57.3 cm³/mol. The topological polar surface area (TPSA) is 40.5 Å². The average molecular weight is 205 g/mol. The maximum atomic E-state index is 11.7. The molecule has 0 saturated carbocycles. The van der Waals surface area contributed by atoms with Crippen LogP contribution in [-0.2, 0) is 0 Å². The van der Waals surface area contributed by atoms with Gasteiger partial charge in [0, 0.05) is 11.5 Å². The molecule has 0 fully saturated rings. The number of nitrogens with zero attached hydrogens (tertiary/aromatic N) is 1. The number of methoxy groups -OCH3 is 1. The SMILES string of the molecule is COc1cc(=O)c2ccccc2n1OC. The molecule has 0 bridgehead atoms. The highest BCUT2D eigenvalue weighted by Gasteiger charge is 2.08. The molecule has 0 unspecified atom stereocenters. The van der Waals surface area contributed by atoms with Crippen LogP contribution in [0.3, 0.4) is 0 Å². The normalized spacial score (nSPS) is 10.3. The first-order valence-electron chi connectivity index (χ1n) is 4.51. The van der Waals surface area contributed by atoms with Crippen LogP contribution >= 0.6 is 0 Å². The van der Waals surface area contributed by atoms with Crippen LogP contribution in [0.4, 0.5) is 0 Å². The zero-order valence-electron chi connectivity index (χ0n) is 8.56. The van der Waals surface area contributed by atoms with E-state index in [0.29, 0.717) is 16.8 Å². The van der Waals surface area contributed by atoms with Gasteiger partial charge in [-0.05, 0) is 12.1 Å². The van der Waals surface area contributed by atoms with Gasteiger partial charge in [-0.25, -0.2) is 0 Å². The molecule has 1 aromatic carbocycles. The summed E-state index contributed by atoms with van der Waals surface area (Å²) < 4.78 is 6.55. The van der Waals surface area contributed by atoms with Crippen LogP contribution in [0.15, 0.2) is 35.1 Å². The van der Waals surface area contributed by atoms with Crippen molar-refractivity contribution in [1.29, 1.82) is 0 Å². The second-order valence-corrected chi connectivity index (χ2v) is 3.05. The van der Waals surface area contributed by atoms with Gasteiger partial charge < -0.3 is 9.57 Å². The Kier molecular flexibility index (Phi) is 2.33. The zero-order chi connectivity index (χ0) is 10.8. The molecule has 0 aliphatic carbocycles. The number of hydrogen-bond donors (Lipinski definition) is 0. The molecule has 1 heterocycles. The number of benzene rings is 1. The summed E-state index contributed by atoms with van der Waals surface area (Å²) in [5.74, 6) is 0.390. The lowest BCUT2D eigenvalue weighted by Crippen LogP contribution is -2.15. The third-order valence-corrected chi connectivity index (χ3v) is 2.23. The van der Waals surface area contributed by atoms with E-state index in [1.165, 1.54) is 25.0 Å². The molecular formula is C11H11NO3. The Morgan fingerprint density at radius 2 is 1.93 bits per heavy atom. The van der Waals surface area contributed by atoms with E-state index >= 15 is 0 Å². The van der Waals surface area contributed by atoms with E-state index in [-0.39, 0.29) is 5.43 Å². The van der Waals surface area contributed by atoms with Crippen molar-refractivity contribution in [2.45, 2.75) is 0 Å². The quantitative estimate of drug-likeness (QED) is 0.736. The standard InChI is InChI=1S/C11H11NO3/c1-14-11-7-10(13)8-5-3-4-6-9(8)12(11)15-2/h3-7H,1-2H3. The molecule has 1 aromatic heterocycles. The molecule has 15 heavy (non-hydrogen) atoms. The molecule has 0 radical (unpaired) electrons. The van der Waals surface area contributed by atoms with Crippen LogP contribution < -0.4 is 15.0 Å². The van der Waals surface area contributed by atoms with Gasteiger partial charge in [-0.2, -0.15) is 0 Å². The summed E-state index contributed by atoms with van der Waals surface area (Å²) in [6, 6.07) is 8.63. The number of pyridine rings is 1. The molecule has 2 aromatic rings. The zero-order valence-corrected chi connectivity index (χ0v) is 8.56. The van der Waals surface area contributed by atoms with Gasteiger partial charge in [-0.1, -0.05) is 12.1 Å². The van der Waals surface area contributed by atoms with Gasteiger partial charge in [0.05, 0.1) is 12.6 Å². The van der Waals surface area contributed by atoms with E-state index in [9.17, 15) is 4.79 Å². The Balaban J connectivity index is 2.92. The Labute approximate surface area is 86.6 Å². The van der Waals surface area contributed by atoms with Gasteiger partial charge in [0.1, 0.15) is 7.11 Å². The minimum Gasteiger partial charge on any atom is -0.480 e. The maximum Gasteiger partial charge on any atom is 0.231 e. The van der Waals surface area contributed by atoms with Crippen LogP contribution in [0.1, 0.15) is 0 Å². The van der Waals surface area contributed by atoms with E-state index < -0.39 is 0 Å². The predicted octanol–water partition coefficient (Wildman–Crippen LogP) is 1.07. The third kappa shape index (κ3) is 1.44. The number of hydrogen-bond acceptors (Lipinski definition) is 3. The van der Waals surface area contributed by atoms with Crippen molar-refractivity contribution in [1.82, 2.24) is 4.73 Å². The number of fused-ring (bicyclic) bond motifs is 1. The molecule has 78 valence electrons. The van der Waals surface area contributed by atoms with E-state index in [2.05, 4.69) is 0 Å². The Bertz CT molecular complexity index is 545. The van der Waals surface area contributed by atoms with Gasteiger partial charge in [0.2, 0.25) is 5.88 Å². The van der Waals surface area contributed by atoms with Crippen LogP contribution in [0, 0.1) is 0 Å². The lowest BCUT2D eigenvalue weighted by molar-refractivity contribution is 0.147. The molecular weight excluding hydrogens is 194 g/mol. The number of ether oxygens (including phenoxy) is 1. The van der Waals surface area contributed by atoms with Crippen molar-refractivity contribution >= 4 is 10.9 Å². The lowest BCUT2D eigenvalue weighted by atomic mass is 10.2. The Morgan fingerprint density at radius 1 is 1.20 bits per heavy atom. The van der Waals surface area contributed by atoms with Gasteiger partial charge in [-0.3, -0.25) is 4.79 Å². The number of aromatic nitrogens is 1. The molecule has 0 spiro atoms. The molecule has 0 atom stereocenters. The highest BCUT2D eigenvalue weighted by atomic mass is 16.7. The fraction of sp³-hybridized carbons (Fsp3) is 0.182. The van der Waals surface area contributed by atoms with E-state index in [4.69, 9.17) is 9.57 Å². The summed E-state index contributed by atoms with van der Waals surface area (Å²) in [5.41, 5.74) is 0.625. The Hall–Kier alpha value is -1.97. The molecule has 4 heteroatoms. The molecule has 0 amide bonds. The summed E-state index contributed by atoms with van der Waals surface area (Å²) in [6.07, 6.45) is 0. The number of para-hydroxylation sites is 1.